The zero-order valence-electron chi connectivity index (χ0n) is 14.5. The minimum absolute atomic E-state index is 0.0838. The van der Waals surface area contributed by atoms with Crippen LogP contribution in [-0.4, -0.2) is 61.4 Å². The number of amides is 2. The van der Waals surface area contributed by atoms with E-state index in [0.717, 1.165) is 18.7 Å². The monoisotopic (exact) mass is 358 g/mol. The number of hydrogen-bond donors (Lipinski definition) is 1. The number of quaternary nitrogens is 1. The minimum atomic E-state index is 0.0838. The van der Waals surface area contributed by atoms with E-state index < -0.39 is 0 Å². The molecule has 25 heavy (non-hydrogen) atoms. The molecule has 1 aliphatic rings. The van der Waals surface area contributed by atoms with Crippen LogP contribution in [0.4, 0.5) is 0 Å². The Hall–Kier alpha value is -2.18. The molecule has 0 spiro atoms. The van der Waals surface area contributed by atoms with Crippen molar-refractivity contribution in [1.29, 1.82) is 0 Å². The first kappa shape index (κ1) is 17.6. The molecule has 1 fully saturated rings. The predicted octanol–water partition coefficient (Wildman–Crippen LogP) is 0.747. The Morgan fingerprint density at radius 3 is 2.52 bits per heavy atom. The molecule has 2 heterocycles. The summed E-state index contributed by atoms with van der Waals surface area (Å²) in [5, 5.41) is 4.10. The molecular formula is C19H24N3O2S+. The third-order valence-corrected chi connectivity index (χ3v) is 5.34. The van der Waals surface area contributed by atoms with Crippen LogP contribution in [0.3, 0.4) is 0 Å². The van der Waals surface area contributed by atoms with E-state index in [4.69, 9.17) is 0 Å². The minimum Gasteiger partial charge on any atom is -0.337 e. The number of carbonyl (C=O) groups excluding carboxylic acids is 2. The van der Waals surface area contributed by atoms with Crippen molar-refractivity contribution in [3.63, 3.8) is 0 Å². The van der Waals surface area contributed by atoms with Crippen molar-refractivity contribution in [2.75, 3.05) is 39.8 Å². The number of hydrogen-bond acceptors (Lipinski definition) is 3. The molecule has 2 amide bonds. The lowest BCUT2D eigenvalue weighted by atomic mass is 10.2. The molecule has 1 aliphatic heterocycles. The van der Waals surface area contributed by atoms with Gasteiger partial charge < -0.3 is 14.7 Å². The van der Waals surface area contributed by atoms with Gasteiger partial charge in [-0.15, -0.1) is 0 Å². The molecule has 132 valence electrons. The molecule has 0 unspecified atom stereocenters. The third-order valence-electron chi connectivity index (χ3n) is 4.61. The first-order chi connectivity index (χ1) is 12.1. The fourth-order valence-electron chi connectivity index (χ4n) is 3.06. The second kappa shape index (κ2) is 8.27. The predicted molar refractivity (Wildman–Crippen MR) is 98.7 cm³/mol. The summed E-state index contributed by atoms with van der Waals surface area (Å²) >= 11 is 1.65. The molecular weight excluding hydrogens is 334 g/mol. The van der Waals surface area contributed by atoms with Crippen molar-refractivity contribution in [3.8, 4) is 0 Å². The van der Waals surface area contributed by atoms with Crippen LogP contribution in [0.25, 0.3) is 0 Å². The number of carbonyl (C=O) groups is 2. The summed E-state index contributed by atoms with van der Waals surface area (Å²) in [6.45, 7) is 4.19. The average molecular weight is 358 g/mol. The quantitative estimate of drug-likeness (QED) is 0.857. The van der Waals surface area contributed by atoms with Gasteiger partial charge in [0, 0.05) is 19.2 Å². The molecule has 1 N–H and O–H groups in total. The zero-order chi connectivity index (χ0) is 17.6. The number of nitrogens with one attached hydrogen (secondary N) is 1. The fourth-order valence-corrected chi connectivity index (χ4v) is 3.72. The fraction of sp³-hybridized carbons (Fsp3) is 0.368. The van der Waals surface area contributed by atoms with Crippen LogP contribution in [0, 0.1) is 0 Å². The van der Waals surface area contributed by atoms with Gasteiger partial charge in [-0.05, 0) is 34.5 Å². The summed E-state index contributed by atoms with van der Waals surface area (Å²) in [6.07, 6.45) is 0. The second-order valence-electron chi connectivity index (χ2n) is 6.47. The van der Waals surface area contributed by atoms with Gasteiger partial charge in [0.2, 0.25) is 0 Å². The van der Waals surface area contributed by atoms with E-state index in [9.17, 15) is 9.59 Å². The number of rotatable bonds is 5. The summed E-state index contributed by atoms with van der Waals surface area (Å²) < 4.78 is 0. The van der Waals surface area contributed by atoms with Crippen molar-refractivity contribution in [2.45, 2.75) is 6.54 Å². The topological polar surface area (TPSA) is 45.1 Å². The summed E-state index contributed by atoms with van der Waals surface area (Å²) in [6, 6.07) is 11.4. The lowest BCUT2D eigenvalue weighted by Gasteiger charge is -2.32. The maximum absolute atomic E-state index is 12.5. The lowest BCUT2D eigenvalue weighted by molar-refractivity contribution is -0.896. The van der Waals surface area contributed by atoms with Gasteiger partial charge in [-0.2, -0.15) is 11.3 Å². The van der Waals surface area contributed by atoms with Crippen LogP contribution in [0.5, 0.6) is 0 Å². The highest BCUT2D eigenvalue weighted by molar-refractivity contribution is 7.07. The van der Waals surface area contributed by atoms with Crippen molar-refractivity contribution >= 4 is 23.2 Å². The van der Waals surface area contributed by atoms with Gasteiger partial charge in [0.05, 0.1) is 26.2 Å². The Balaban J connectivity index is 1.46. The third kappa shape index (κ3) is 4.67. The molecule has 6 heteroatoms. The standard InChI is InChI=1S/C19H23N3O2S/c1-20(13-16-7-12-25-15-16)18(23)14-21-8-10-22(11-9-21)19(24)17-5-3-2-4-6-17/h2-7,12,15H,8-11,13-14H2,1H3/p+1. The van der Waals surface area contributed by atoms with E-state index in [0.29, 0.717) is 26.2 Å². The lowest BCUT2D eigenvalue weighted by Crippen LogP contribution is -3.15. The number of benzene rings is 1. The molecule has 1 aromatic heterocycles. The molecule has 0 bridgehead atoms. The summed E-state index contributed by atoms with van der Waals surface area (Å²) in [7, 11) is 1.86. The smallest absolute Gasteiger partial charge is 0.277 e. The van der Waals surface area contributed by atoms with Crippen molar-refractivity contribution in [2.24, 2.45) is 0 Å². The summed E-state index contributed by atoms with van der Waals surface area (Å²) in [5.41, 5.74) is 1.91. The molecule has 0 aliphatic carbocycles. The molecule has 1 saturated heterocycles. The van der Waals surface area contributed by atoms with Gasteiger partial charge >= 0.3 is 0 Å². The molecule has 5 nitrogen and oxygen atoms in total. The van der Waals surface area contributed by atoms with E-state index in [1.165, 1.54) is 10.5 Å². The van der Waals surface area contributed by atoms with Crippen molar-refractivity contribution < 1.29 is 14.5 Å². The maximum Gasteiger partial charge on any atom is 0.277 e. The highest BCUT2D eigenvalue weighted by atomic mass is 32.1. The first-order valence-electron chi connectivity index (χ1n) is 8.56. The highest BCUT2D eigenvalue weighted by Gasteiger charge is 2.26. The van der Waals surface area contributed by atoms with E-state index in [-0.39, 0.29) is 11.8 Å². The number of thiophene rings is 1. The van der Waals surface area contributed by atoms with Crippen LogP contribution in [0.15, 0.2) is 47.2 Å². The Labute approximate surface area is 152 Å². The Morgan fingerprint density at radius 1 is 1.16 bits per heavy atom. The number of likely N-dealkylation sites (N-methyl/N-ethyl adjacent to an activating group) is 1. The van der Waals surface area contributed by atoms with Crippen molar-refractivity contribution in [1.82, 2.24) is 9.80 Å². The average Bonchev–Trinajstić information content (AvgIpc) is 3.15. The largest absolute Gasteiger partial charge is 0.337 e. The molecule has 0 radical (unpaired) electrons. The van der Waals surface area contributed by atoms with Gasteiger partial charge in [-0.1, -0.05) is 18.2 Å². The van der Waals surface area contributed by atoms with Gasteiger partial charge in [0.1, 0.15) is 0 Å². The Morgan fingerprint density at radius 2 is 1.88 bits per heavy atom. The van der Waals surface area contributed by atoms with Gasteiger partial charge in [-0.3, -0.25) is 9.59 Å². The SMILES string of the molecule is CN(Cc1ccsc1)C(=O)C[NH+]1CCN(C(=O)c2ccccc2)CC1. The normalized spacial score (nSPS) is 15.2. The van der Waals surface area contributed by atoms with Gasteiger partial charge in [0.25, 0.3) is 11.8 Å². The molecule has 3 rings (SSSR count). The second-order valence-corrected chi connectivity index (χ2v) is 7.25. The Bertz CT molecular complexity index is 695. The summed E-state index contributed by atoms with van der Waals surface area (Å²) in [5.74, 6) is 0.240. The zero-order valence-corrected chi connectivity index (χ0v) is 15.3. The molecule has 0 saturated carbocycles. The number of piperazine rings is 1. The molecule has 1 aromatic carbocycles. The van der Waals surface area contributed by atoms with Crippen LogP contribution in [-0.2, 0) is 11.3 Å². The Kier molecular flexibility index (Phi) is 5.83. The first-order valence-corrected chi connectivity index (χ1v) is 9.50. The van der Waals surface area contributed by atoms with Crippen LogP contribution in [0.2, 0.25) is 0 Å². The van der Waals surface area contributed by atoms with Gasteiger partial charge in [-0.25, -0.2) is 0 Å². The molecule has 2 aromatic rings. The van der Waals surface area contributed by atoms with E-state index in [2.05, 4.69) is 11.4 Å². The van der Waals surface area contributed by atoms with Crippen molar-refractivity contribution in [3.05, 3.63) is 58.3 Å². The maximum atomic E-state index is 12.5. The van der Waals surface area contributed by atoms with Gasteiger partial charge in [0.15, 0.2) is 6.54 Å². The van der Waals surface area contributed by atoms with Crippen LogP contribution in [0.1, 0.15) is 15.9 Å². The van der Waals surface area contributed by atoms with Crippen LogP contribution < -0.4 is 4.90 Å². The van der Waals surface area contributed by atoms with Crippen LogP contribution >= 0.6 is 11.3 Å². The van der Waals surface area contributed by atoms with E-state index in [1.54, 1.807) is 16.2 Å². The highest BCUT2D eigenvalue weighted by Crippen LogP contribution is 2.08. The molecule has 0 atom stereocenters. The number of nitrogens with zero attached hydrogens (tertiary/aromatic N) is 2. The van der Waals surface area contributed by atoms with E-state index in [1.807, 2.05) is 47.7 Å². The van der Waals surface area contributed by atoms with E-state index >= 15 is 0 Å². The summed E-state index contributed by atoms with van der Waals surface area (Å²) in [4.78, 5) is 29.8.